The molecule has 1 aromatic rings. The molecule has 1 unspecified atom stereocenters. The van der Waals surface area contributed by atoms with E-state index in [0.717, 1.165) is 30.2 Å². The molecular formula is C15H23N3O. The van der Waals surface area contributed by atoms with Crippen LogP contribution >= 0.6 is 0 Å². The molecule has 19 heavy (non-hydrogen) atoms. The zero-order chi connectivity index (χ0) is 14.4. The molecule has 4 heteroatoms. The third kappa shape index (κ3) is 4.13. The van der Waals surface area contributed by atoms with Crippen LogP contribution in [0, 0.1) is 19.3 Å². The second-order valence-corrected chi connectivity index (χ2v) is 4.87. The molecule has 1 aromatic heterocycles. The minimum atomic E-state index is -0.298. The molecular weight excluding hydrogens is 238 g/mol. The smallest absolute Gasteiger partial charge is 0.223 e. The molecule has 104 valence electrons. The average molecular weight is 261 g/mol. The third-order valence-corrected chi connectivity index (χ3v) is 2.70. The summed E-state index contributed by atoms with van der Waals surface area (Å²) >= 11 is 0. The van der Waals surface area contributed by atoms with Crippen LogP contribution in [0.4, 0.5) is 5.82 Å². The van der Waals surface area contributed by atoms with Gasteiger partial charge in [0.05, 0.1) is 5.56 Å². The van der Waals surface area contributed by atoms with E-state index in [2.05, 4.69) is 42.0 Å². The average Bonchev–Trinajstić information content (AvgIpc) is 2.39. The summed E-state index contributed by atoms with van der Waals surface area (Å²) < 4.78 is 5.68. The van der Waals surface area contributed by atoms with Crippen LogP contribution in [0.5, 0.6) is 5.88 Å². The maximum atomic E-state index is 5.68. The van der Waals surface area contributed by atoms with Crippen LogP contribution in [0.3, 0.4) is 0 Å². The molecule has 0 aliphatic heterocycles. The summed E-state index contributed by atoms with van der Waals surface area (Å²) in [6.45, 7) is 10.9. The van der Waals surface area contributed by atoms with Crippen molar-refractivity contribution in [1.29, 1.82) is 0 Å². The fourth-order valence-electron chi connectivity index (χ4n) is 1.50. The molecule has 0 saturated carbocycles. The van der Waals surface area contributed by atoms with Crippen molar-refractivity contribution in [2.45, 2.75) is 53.1 Å². The number of rotatable bonds is 6. The summed E-state index contributed by atoms with van der Waals surface area (Å²) in [5.74, 6) is 4.96. The van der Waals surface area contributed by atoms with Crippen LogP contribution in [-0.2, 0) is 0 Å². The fraction of sp³-hybridized carbons (Fsp3) is 0.600. The summed E-state index contributed by atoms with van der Waals surface area (Å²) in [5, 5.41) is 3.31. The molecule has 4 nitrogen and oxygen atoms in total. The van der Waals surface area contributed by atoms with Gasteiger partial charge in [0.25, 0.3) is 0 Å². The molecule has 0 amide bonds. The van der Waals surface area contributed by atoms with Crippen molar-refractivity contribution in [2.24, 2.45) is 0 Å². The minimum absolute atomic E-state index is 0.242. The van der Waals surface area contributed by atoms with E-state index < -0.39 is 0 Å². The lowest BCUT2D eigenvalue weighted by molar-refractivity contribution is 0.264. The second kappa shape index (κ2) is 6.98. The molecule has 0 aromatic carbocycles. The molecule has 1 atom stereocenters. The maximum Gasteiger partial charge on any atom is 0.223 e. The monoisotopic (exact) mass is 261 g/mol. The van der Waals surface area contributed by atoms with Gasteiger partial charge in [0.2, 0.25) is 5.88 Å². The van der Waals surface area contributed by atoms with Crippen LogP contribution in [0.25, 0.3) is 0 Å². The normalized spacial score (nSPS) is 12.1. The highest BCUT2D eigenvalue weighted by Crippen LogP contribution is 2.25. The van der Waals surface area contributed by atoms with E-state index in [1.54, 1.807) is 0 Å². The van der Waals surface area contributed by atoms with Gasteiger partial charge in [-0.25, -0.2) is 4.98 Å². The van der Waals surface area contributed by atoms with Crippen LogP contribution in [0.15, 0.2) is 0 Å². The highest BCUT2D eigenvalue weighted by Gasteiger charge is 2.15. The number of terminal acetylenes is 1. The van der Waals surface area contributed by atoms with Crippen molar-refractivity contribution in [3.63, 3.8) is 0 Å². The number of nitrogens with one attached hydrogen (secondary N) is 1. The first-order valence-corrected chi connectivity index (χ1v) is 6.74. The van der Waals surface area contributed by atoms with Gasteiger partial charge in [0, 0.05) is 12.5 Å². The lowest BCUT2D eigenvalue weighted by Crippen LogP contribution is -2.15. The maximum absolute atomic E-state index is 5.68. The van der Waals surface area contributed by atoms with Crippen molar-refractivity contribution in [3.8, 4) is 18.2 Å². The zero-order valence-corrected chi connectivity index (χ0v) is 12.4. The number of hydrogen-bond donors (Lipinski definition) is 1. The van der Waals surface area contributed by atoms with Crippen molar-refractivity contribution < 1.29 is 4.74 Å². The lowest BCUT2D eigenvalue weighted by Gasteiger charge is -2.16. The van der Waals surface area contributed by atoms with Gasteiger partial charge in [0.15, 0.2) is 6.10 Å². The Morgan fingerprint density at radius 3 is 2.53 bits per heavy atom. The van der Waals surface area contributed by atoms with Gasteiger partial charge in [0.1, 0.15) is 11.6 Å². The minimum Gasteiger partial charge on any atom is -0.461 e. The lowest BCUT2D eigenvalue weighted by atomic mass is 10.2. The molecule has 1 rings (SSSR count). The Kier molecular flexibility index (Phi) is 5.62. The zero-order valence-electron chi connectivity index (χ0n) is 12.4. The van der Waals surface area contributed by atoms with E-state index >= 15 is 0 Å². The summed E-state index contributed by atoms with van der Waals surface area (Å²) in [6.07, 6.45) is 6.09. The van der Waals surface area contributed by atoms with Crippen LogP contribution in [-0.4, -0.2) is 22.6 Å². The van der Waals surface area contributed by atoms with E-state index in [-0.39, 0.29) is 12.0 Å². The fourth-order valence-corrected chi connectivity index (χ4v) is 1.50. The summed E-state index contributed by atoms with van der Waals surface area (Å²) in [5.41, 5.74) is 0.903. The SMILES string of the molecule is C#CC(C)Oc1nc(C(C)C)nc(NCCC)c1C. The van der Waals surface area contributed by atoms with Crippen molar-refractivity contribution in [3.05, 3.63) is 11.4 Å². The predicted molar refractivity (Wildman–Crippen MR) is 78.6 cm³/mol. The van der Waals surface area contributed by atoms with Gasteiger partial charge in [-0.1, -0.05) is 26.7 Å². The number of anilines is 1. The van der Waals surface area contributed by atoms with E-state index in [1.165, 1.54) is 0 Å². The number of ether oxygens (including phenoxy) is 1. The van der Waals surface area contributed by atoms with Gasteiger partial charge in [-0.3, -0.25) is 0 Å². The molecule has 0 radical (unpaired) electrons. The van der Waals surface area contributed by atoms with Gasteiger partial charge in [-0.2, -0.15) is 4.98 Å². The van der Waals surface area contributed by atoms with Gasteiger partial charge in [-0.05, 0) is 20.3 Å². The van der Waals surface area contributed by atoms with Crippen molar-refractivity contribution in [1.82, 2.24) is 9.97 Å². The molecule has 0 spiro atoms. The Bertz CT molecular complexity index is 463. The number of hydrogen-bond acceptors (Lipinski definition) is 4. The Morgan fingerprint density at radius 2 is 2.00 bits per heavy atom. The van der Waals surface area contributed by atoms with Crippen LogP contribution in [0.2, 0.25) is 0 Å². The molecule has 0 aliphatic rings. The molecule has 0 fully saturated rings. The molecule has 1 N–H and O–H groups in total. The topological polar surface area (TPSA) is 47.0 Å². The van der Waals surface area contributed by atoms with E-state index in [4.69, 9.17) is 11.2 Å². The first-order valence-electron chi connectivity index (χ1n) is 6.74. The second-order valence-electron chi connectivity index (χ2n) is 4.87. The van der Waals surface area contributed by atoms with Crippen LogP contribution < -0.4 is 10.1 Å². The summed E-state index contributed by atoms with van der Waals surface area (Å²) in [6, 6.07) is 0. The first kappa shape index (κ1) is 15.3. The Balaban J connectivity index is 3.13. The van der Waals surface area contributed by atoms with Gasteiger partial charge in [-0.15, -0.1) is 6.42 Å². The Morgan fingerprint density at radius 1 is 1.32 bits per heavy atom. The van der Waals surface area contributed by atoms with Crippen molar-refractivity contribution >= 4 is 5.82 Å². The number of nitrogens with zero attached hydrogens (tertiary/aromatic N) is 2. The van der Waals surface area contributed by atoms with Crippen molar-refractivity contribution in [2.75, 3.05) is 11.9 Å². The van der Waals surface area contributed by atoms with E-state index in [9.17, 15) is 0 Å². The van der Waals surface area contributed by atoms with E-state index in [1.807, 2.05) is 13.8 Å². The summed E-state index contributed by atoms with van der Waals surface area (Å²) in [7, 11) is 0. The van der Waals surface area contributed by atoms with Gasteiger partial charge >= 0.3 is 0 Å². The molecule has 1 heterocycles. The van der Waals surface area contributed by atoms with Gasteiger partial charge < -0.3 is 10.1 Å². The predicted octanol–water partition coefficient (Wildman–Crippen LogP) is 3.13. The van der Waals surface area contributed by atoms with Crippen LogP contribution in [0.1, 0.15) is 51.4 Å². The Labute approximate surface area is 116 Å². The Hall–Kier alpha value is -1.76. The molecule has 0 bridgehead atoms. The largest absolute Gasteiger partial charge is 0.461 e. The first-order chi connectivity index (χ1) is 8.99. The number of aromatic nitrogens is 2. The standard InChI is InChI=1S/C15H23N3O/c1-7-9-16-14-12(6)15(19-11(5)8-2)18-13(17-14)10(3)4/h2,10-11H,7,9H2,1,3-6H3,(H,16,17,18). The summed E-state index contributed by atoms with van der Waals surface area (Å²) in [4.78, 5) is 9.01. The quantitative estimate of drug-likeness (QED) is 0.799. The van der Waals surface area contributed by atoms with E-state index in [0.29, 0.717) is 5.88 Å². The molecule has 0 aliphatic carbocycles. The highest BCUT2D eigenvalue weighted by atomic mass is 16.5. The highest BCUT2D eigenvalue weighted by molar-refractivity contribution is 5.49. The third-order valence-electron chi connectivity index (χ3n) is 2.70. The molecule has 0 saturated heterocycles.